The molecule has 1 atom stereocenters. The summed E-state index contributed by atoms with van der Waals surface area (Å²) in [5, 5.41) is 15.2. The molecule has 0 aliphatic carbocycles. The summed E-state index contributed by atoms with van der Waals surface area (Å²) in [5.74, 6) is -0.760. The van der Waals surface area contributed by atoms with Crippen LogP contribution in [-0.2, 0) is 11.4 Å². The Kier molecular flexibility index (Phi) is 8.71. The van der Waals surface area contributed by atoms with Crippen LogP contribution >= 0.6 is 23.2 Å². The van der Waals surface area contributed by atoms with Gasteiger partial charge in [0.25, 0.3) is 5.91 Å². The predicted octanol–water partition coefficient (Wildman–Crippen LogP) is 4.73. The standard InChI is InChI=1S/C25H21Cl2N3O3/c26-22-7-4-8-23(27)21(22)16-33-19-11-9-17(10-12-19)20(25(32)29-14-13-28)15-30-24(31)18-5-2-1-3-6-18/h1-12,20H,14-16H2,(H,29,32)(H,30,31). The first-order valence-corrected chi connectivity index (χ1v) is 10.9. The number of carbonyl (C=O) groups excluding carboxylic acids is 2. The van der Waals surface area contributed by atoms with Gasteiger partial charge in [0.15, 0.2) is 0 Å². The molecule has 0 aliphatic heterocycles. The van der Waals surface area contributed by atoms with Gasteiger partial charge in [0.05, 0.1) is 12.0 Å². The summed E-state index contributed by atoms with van der Waals surface area (Å²) < 4.78 is 5.79. The van der Waals surface area contributed by atoms with Gasteiger partial charge in [-0.2, -0.15) is 5.26 Å². The number of ether oxygens (including phenoxy) is 1. The minimum atomic E-state index is -0.682. The number of carbonyl (C=O) groups is 2. The van der Waals surface area contributed by atoms with Crippen molar-refractivity contribution >= 4 is 35.0 Å². The van der Waals surface area contributed by atoms with Crippen LogP contribution in [0.25, 0.3) is 0 Å². The smallest absolute Gasteiger partial charge is 0.251 e. The topological polar surface area (TPSA) is 91.2 Å². The zero-order valence-electron chi connectivity index (χ0n) is 17.6. The number of nitrogens with one attached hydrogen (secondary N) is 2. The molecular formula is C25H21Cl2N3O3. The number of nitrogens with zero attached hydrogens (tertiary/aromatic N) is 1. The number of hydrogen-bond donors (Lipinski definition) is 2. The molecule has 0 radical (unpaired) electrons. The highest BCUT2D eigenvalue weighted by atomic mass is 35.5. The van der Waals surface area contributed by atoms with Crippen LogP contribution in [0.1, 0.15) is 27.4 Å². The molecule has 0 spiro atoms. The fourth-order valence-electron chi connectivity index (χ4n) is 3.12. The van der Waals surface area contributed by atoms with Gasteiger partial charge in [0.1, 0.15) is 18.9 Å². The van der Waals surface area contributed by atoms with Crippen LogP contribution in [0, 0.1) is 11.3 Å². The highest BCUT2D eigenvalue weighted by Crippen LogP contribution is 2.26. The Morgan fingerprint density at radius 2 is 1.58 bits per heavy atom. The molecule has 3 aromatic carbocycles. The SMILES string of the molecule is N#CCNC(=O)C(CNC(=O)c1ccccc1)c1ccc(OCc2c(Cl)cccc2Cl)cc1. The van der Waals surface area contributed by atoms with E-state index in [4.69, 9.17) is 33.2 Å². The third-order valence-electron chi connectivity index (χ3n) is 4.89. The summed E-state index contributed by atoms with van der Waals surface area (Å²) in [7, 11) is 0. The van der Waals surface area contributed by atoms with Crippen LogP contribution in [-0.4, -0.2) is 24.9 Å². The Labute approximate surface area is 202 Å². The van der Waals surface area contributed by atoms with E-state index >= 15 is 0 Å². The molecule has 3 rings (SSSR count). The molecule has 2 N–H and O–H groups in total. The number of rotatable bonds is 9. The number of benzene rings is 3. The van der Waals surface area contributed by atoms with Crippen molar-refractivity contribution in [1.29, 1.82) is 5.26 Å². The Morgan fingerprint density at radius 3 is 2.21 bits per heavy atom. The van der Waals surface area contributed by atoms with E-state index in [0.717, 1.165) is 0 Å². The van der Waals surface area contributed by atoms with Crippen molar-refractivity contribution in [3.63, 3.8) is 0 Å². The van der Waals surface area contributed by atoms with Crippen LogP contribution in [0.3, 0.4) is 0 Å². The second kappa shape index (κ2) is 11.9. The van der Waals surface area contributed by atoms with Crippen LogP contribution in [0.4, 0.5) is 0 Å². The van der Waals surface area contributed by atoms with Crippen molar-refractivity contribution in [2.75, 3.05) is 13.1 Å². The van der Waals surface area contributed by atoms with Crippen LogP contribution in [0.15, 0.2) is 72.8 Å². The molecule has 8 heteroatoms. The molecule has 6 nitrogen and oxygen atoms in total. The van der Waals surface area contributed by atoms with E-state index in [1.54, 1.807) is 66.7 Å². The minimum Gasteiger partial charge on any atom is -0.489 e. The fourth-order valence-corrected chi connectivity index (χ4v) is 3.63. The van der Waals surface area contributed by atoms with Gasteiger partial charge in [-0.05, 0) is 42.0 Å². The van der Waals surface area contributed by atoms with Gasteiger partial charge in [-0.25, -0.2) is 0 Å². The molecule has 0 fully saturated rings. The van der Waals surface area contributed by atoms with Crippen LogP contribution < -0.4 is 15.4 Å². The van der Waals surface area contributed by atoms with Gasteiger partial charge in [-0.15, -0.1) is 0 Å². The molecule has 0 saturated heterocycles. The van der Waals surface area contributed by atoms with Crippen molar-refractivity contribution in [3.8, 4) is 11.8 Å². The third-order valence-corrected chi connectivity index (χ3v) is 5.60. The van der Waals surface area contributed by atoms with Crippen LogP contribution in [0.5, 0.6) is 5.75 Å². The number of amides is 2. The van der Waals surface area contributed by atoms with E-state index in [1.165, 1.54) is 0 Å². The molecule has 2 amide bonds. The molecule has 1 unspecified atom stereocenters. The lowest BCUT2D eigenvalue weighted by molar-refractivity contribution is -0.122. The average Bonchev–Trinajstić information content (AvgIpc) is 2.83. The first kappa shape index (κ1) is 24.1. The summed E-state index contributed by atoms with van der Waals surface area (Å²) in [6.07, 6.45) is 0. The molecule has 0 bridgehead atoms. The van der Waals surface area contributed by atoms with Crippen molar-refractivity contribution in [1.82, 2.24) is 10.6 Å². The molecular weight excluding hydrogens is 461 g/mol. The maximum Gasteiger partial charge on any atom is 0.251 e. The molecule has 0 heterocycles. The van der Waals surface area contributed by atoms with Gasteiger partial charge in [-0.3, -0.25) is 9.59 Å². The number of nitriles is 1. The van der Waals surface area contributed by atoms with Gasteiger partial charge < -0.3 is 15.4 Å². The van der Waals surface area contributed by atoms with E-state index in [1.807, 2.05) is 12.1 Å². The van der Waals surface area contributed by atoms with Crippen LogP contribution in [0.2, 0.25) is 10.0 Å². The van der Waals surface area contributed by atoms with Gasteiger partial charge in [-0.1, -0.05) is 59.6 Å². The maximum atomic E-state index is 12.6. The first-order chi connectivity index (χ1) is 16.0. The monoisotopic (exact) mass is 481 g/mol. The summed E-state index contributed by atoms with van der Waals surface area (Å²) in [6, 6.07) is 22.8. The van der Waals surface area contributed by atoms with Gasteiger partial charge >= 0.3 is 0 Å². The lowest BCUT2D eigenvalue weighted by Gasteiger charge is -2.18. The second-order valence-corrected chi connectivity index (χ2v) is 7.88. The summed E-state index contributed by atoms with van der Waals surface area (Å²) in [4.78, 5) is 25.1. The Morgan fingerprint density at radius 1 is 0.909 bits per heavy atom. The molecule has 3 aromatic rings. The van der Waals surface area contributed by atoms with Crippen molar-refractivity contribution in [2.45, 2.75) is 12.5 Å². The Bertz CT molecular complexity index is 1130. The molecule has 0 saturated carbocycles. The normalized spacial score (nSPS) is 11.2. The highest BCUT2D eigenvalue weighted by molar-refractivity contribution is 6.35. The zero-order valence-corrected chi connectivity index (χ0v) is 19.1. The predicted molar refractivity (Wildman–Crippen MR) is 127 cm³/mol. The van der Waals surface area contributed by atoms with Crippen molar-refractivity contribution in [3.05, 3.63) is 99.5 Å². The van der Waals surface area contributed by atoms with E-state index in [2.05, 4.69) is 10.6 Å². The largest absolute Gasteiger partial charge is 0.489 e. The van der Waals surface area contributed by atoms with E-state index < -0.39 is 5.92 Å². The second-order valence-electron chi connectivity index (χ2n) is 7.06. The lowest BCUT2D eigenvalue weighted by Crippen LogP contribution is -2.37. The maximum absolute atomic E-state index is 12.6. The molecule has 0 aromatic heterocycles. The average molecular weight is 482 g/mol. The van der Waals surface area contributed by atoms with Crippen molar-refractivity contribution < 1.29 is 14.3 Å². The third kappa shape index (κ3) is 6.72. The number of halogens is 2. The van der Waals surface area contributed by atoms with E-state index in [0.29, 0.717) is 32.5 Å². The molecule has 33 heavy (non-hydrogen) atoms. The van der Waals surface area contributed by atoms with Gasteiger partial charge in [0.2, 0.25) is 5.91 Å². The Hall–Kier alpha value is -3.53. The van der Waals surface area contributed by atoms with Crippen molar-refractivity contribution in [2.24, 2.45) is 0 Å². The minimum absolute atomic E-state index is 0.0699. The summed E-state index contributed by atoms with van der Waals surface area (Å²) in [5.41, 5.74) is 1.85. The van der Waals surface area contributed by atoms with E-state index in [-0.39, 0.29) is 31.5 Å². The van der Waals surface area contributed by atoms with Gasteiger partial charge in [0, 0.05) is 27.7 Å². The number of hydrogen-bond acceptors (Lipinski definition) is 4. The fraction of sp³-hybridized carbons (Fsp3) is 0.160. The molecule has 168 valence electrons. The highest BCUT2D eigenvalue weighted by Gasteiger charge is 2.22. The summed E-state index contributed by atoms with van der Waals surface area (Å²) in [6.45, 7) is 0.138. The summed E-state index contributed by atoms with van der Waals surface area (Å²) >= 11 is 12.4. The zero-order chi connectivity index (χ0) is 23.6. The Balaban J connectivity index is 1.70. The van der Waals surface area contributed by atoms with E-state index in [9.17, 15) is 9.59 Å². The first-order valence-electron chi connectivity index (χ1n) is 10.1. The molecule has 0 aliphatic rings. The quantitative estimate of drug-likeness (QED) is 0.432. The lowest BCUT2D eigenvalue weighted by atomic mass is 9.97.